The molecule has 4 nitrogen and oxygen atoms in total. The van der Waals surface area contributed by atoms with Crippen LogP contribution in [0.4, 0.5) is 5.69 Å². The van der Waals surface area contributed by atoms with E-state index < -0.39 is 16.0 Å². The van der Waals surface area contributed by atoms with Crippen LogP contribution in [0.15, 0.2) is 29.2 Å². The minimum Gasteiger partial charge on any atom is -0.399 e. The van der Waals surface area contributed by atoms with Gasteiger partial charge in [-0.15, -0.1) is 0 Å². The molecule has 0 aliphatic heterocycles. The van der Waals surface area contributed by atoms with Crippen LogP contribution in [-0.4, -0.2) is 21.4 Å². The molecule has 0 heterocycles. The monoisotopic (exact) mass is 282 g/mol. The molecule has 0 spiro atoms. The van der Waals surface area contributed by atoms with E-state index in [1.807, 2.05) is 13.8 Å². The summed E-state index contributed by atoms with van der Waals surface area (Å²) in [7, 11) is -1.35. The van der Waals surface area contributed by atoms with Crippen molar-refractivity contribution in [1.82, 2.24) is 5.32 Å². The van der Waals surface area contributed by atoms with E-state index in [1.165, 1.54) is 0 Å². The molecule has 0 aliphatic carbocycles. The summed E-state index contributed by atoms with van der Waals surface area (Å²) in [5.41, 5.74) is 6.21. The molecule has 1 amide bonds. The first-order chi connectivity index (χ1) is 8.99. The molecule has 106 valence electrons. The lowest BCUT2D eigenvalue weighted by Crippen LogP contribution is -2.41. The zero-order chi connectivity index (χ0) is 14.4. The number of hydrogen-bond acceptors (Lipinski definition) is 3. The lowest BCUT2D eigenvalue weighted by atomic mass is 10.2. The Bertz CT molecular complexity index is 441. The van der Waals surface area contributed by atoms with E-state index in [-0.39, 0.29) is 11.9 Å². The molecule has 2 atom stereocenters. The normalized spacial score (nSPS) is 14.1. The Kier molecular flexibility index (Phi) is 6.02. The van der Waals surface area contributed by atoms with Crippen LogP contribution in [0.2, 0.25) is 0 Å². The highest BCUT2D eigenvalue weighted by Crippen LogP contribution is 2.14. The number of amides is 1. The van der Waals surface area contributed by atoms with Crippen molar-refractivity contribution in [2.45, 2.75) is 49.8 Å². The Morgan fingerprint density at radius 1 is 1.26 bits per heavy atom. The number of nitrogen functional groups attached to an aromatic ring is 1. The van der Waals surface area contributed by atoms with Crippen molar-refractivity contribution in [3.05, 3.63) is 24.3 Å². The summed E-state index contributed by atoms with van der Waals surface area (Å²) in [4.78, 5) is 12.7. The largest absolute Gasteiger partial charge is 0.399 e. The van der Waals surface area contributed by atoms with Gasteiger partial charge >= 0.3 is 0 Å². The van der Waals surface area contributed by atoms with E-state index in [0.29, 0.717) is 10.6 Å². The first kappa shape index (κ1) is 15.7. The van der Waals surface area contributed by atoms with Gasteiger partial charge in [0.25, 0.3) is 0 Å². The third-order valence-electron chi connectivity index (χ3n) is 3.13. The molecule has 0 saturated carbocycles. The first-order valence-electron chi connectivity index (χ1n) is 6.56. The van der Waals surface area contributed by atoms with Gasteiger partial charge in [-0.1, -0.05) is 13.8 Å². The number of anilines is 1. The van der Waals surface area contributed by atoms with Gasteiger partial charge in [0.15, 0.2) is 0 Å². The molecule has 0 fully saturated rings. The molecule has 2 unspecified atom stereocenters. The van der Waals surface area contributed by atoms with Crippen molar-refractivity contribution in [1.29, 1.82) is 0 Å². The van der Waals surface area contributed by atoms with Crippen LogP contribution >= 0.6 is 0 Å². The summed E-state index contributed by atoms with van der Waals surface area (Å²) in [6.07, 6.45) is 1.76. The third kappa shape index (κ3) is 4.35. The zero-order valence-corrected chi connectivity index (χ0v) is 12.5. The fraction of sp³-hybridized carbons (Fsp3) is 0.500. The summed E-state index contributed by atoms with van der Waals surface area (Å²) in [5.74, 6) is -0.163. The maximum absolute atomic E-state index is 12.3. The maximum Gasteiger partial charge on any atom is 0.236 e. The van der Waals surface area contributed by atoms with Crippen LogP contribution in [0.3, 0.4) is 0 Å². The van der Waals surface area contributed by atoms with Crippen LogP contribution in [0.1, 0.15) is 33.6 Å². The molecular weight excluding hydrogens is 260 g/mol. The summed E-state index contributed by atoms with van der Waals surface area (Å²) < 4.78 is 12.3. The van der Waals surface area contributed by atoms with Gasteiger partial charge in [0.05, 0.1) is 10.8 Å². The average molecular weight is 282 g/mol. The van der Waals surface area contributed by atoms with Gasteiger partial charge in [-0.25, -0.2) is 0 Å². The van der Waals surface area contributed by atoms with Gasteiger partial charge < -0.3 is 11.1 Å². The molecule has 0 saturated heterocycles. The number of carbonyl (C=O) groups is 1. The number of hydrogen-bond donors (Lipinski definition) is 2. The number of benzene rings is 1. The molecule has 1 aromatic carbocycles. The van der Waals surface area contributed by atoms with Crippen LogP contribution in [0, 0.1) is 0 Å². The minimum atomic E-state index is -1.35. The molecule has 1 rings (SSSR count). The predicted octanol–water partition coefficient (Wildman–Crippen LogP) is 2.07. The average Bonchev–Trinajstić information content (AvgIpc) is 2.43. The van der Waals surface area contributed by atoms with Crippen LogP contribution < -0.4 is 11.1 Å². The van der Waals surface area contributed by atoms with Crippen molar-refractivity contribution < 1.29 is 9.00 Å². The van der Waals surface area contributed by atoms with Crippen LogP contribution in [0.5, 0.6) is 0 Å². The lowest BCUT2D eigenvalue weighted by Gasteiger charge is -2.18. The van der Waals surface area contributed by atoms with Gasteiger partial charge in [-0.3, -0.25) is 9.00 Å². The second-order valence-electron chi connectivity index (χ2n) is 4.53. The van der Waals surface area contributed by atoms with Crippen molar-refractivity contribution in [2.75, 3.05) is 5.73 Å². The summed E-state index contributed by atoms with van der Waals surface area (Å²) in [5, 5.41) is 2.36. The number of rotatable bonds is 6. The second-order valence-corrected chi connectivity index (χ2v) is 6.30. The Balaban J connectivity index is 2.71. The molecule has 0 radical (unpaired) electrons. The fourth-order valence-electron chi connectivity index (χ4n) is 1.71. The van der Waals surface area contributed by atoms with Crippen molar-refractivity contribution in [3.8, 4) is 0 Å². The second kappa shape index (κ2) is 7.28. The number of nitrogens with one attached hydrogen (secondary N) is 1. The Morgan fingerprint density at radius 2 is 1.79 bits per heavy atom. The van der Waals surface area contributed by atoms with Crippen molar-refractivity contribution in [3.63, 3.8) is 0 Å². The topological polar surface area (TPSA) is 72.2 Å². The SMILES string of the molecule is CCC(CC)NC(=O)C(C)S(=O)c1ccc(N)cc1. The third-order valence-corrected chi connectivity index (χ3v) is 4.73. The Morgan fingerprint density at radius 3 is 2.26 bits per heavy atom. The molecule has 0 bridgehead atoms. The number of carbonyl (C=O) groups excluding carboxylic acids is 1. The lowest BCUT2D eigenvalue weighted by molar-refractivity contribution is -0.121. The Labute approximate surface area is 117 Å². The molecule has 19 heavy (non-hydrogen) atoms. The van der Waals surface area contributed by atoms with Gasteiger partial charge in [-0.05, 0) is 44.0 Å². The zero-order valence-electron chi connectivity index (χ0n) is 11.7. The minimum absolute atomic E-state index is 0.151. The highest BCUT2D eigenvalue weighted by molar-refractivity contribution is 7.86. The highest BCUT2D eigenvalue weighted by Gasteiger charge is 2.22. The van der Waals surface area contributed by atoms with E-state index in [4.69, 9.17) is 5.73 Å². The highest BCUT2D eigenvalue weighted by atomic mass is 32.2. The molecule has 1 aromatic rings. The summed E-state index contributed by atoms with van der Waals surface area (Å²) in [6, 6.07) is 6.94. The quantitative estimate of drug-likeness (QED) is 0.785. The molecule has 3 N–H and O–H groups in total. The van der Waals surface area contributed by atoms with E-state index in [0.717, 1.165) is 12.8 Å². The van der Waals surface area contributed by atoms with Gasteiger partial charge in [0.2, 0.25) is 5.91 Å². The van der Waals surface area contributed by atoms with Crippen molar-refractivity contribution >= 4 is 22.4 Å². The van der Waals surface area contributed by atoms with E-state index in [1.54, 1.807) is 31.2 Å². The van der Waals surface area contributed by atoms with E-state index in [9.17, 15) is 9.00 Å². The van der Waals surface area contributed by atoms with E-state index >= 15 is 0 Å². The molecule has 5 heteroatoms. The Hall–Kier alpha value is -1.36. The summed E-state index contributed by atoms with van der Waals surface area (Å²) >= 11 is 0. The molecular formula is C14H22N2O2S. The van der Waals surface area contributed by atoms with Crippen LogP contribution in [0.25, 0.3) is 0 Å². The van der Waals surface area contributed by atoms with E-state index in [2.05, 4.69) is 5.32 Å². The standard InChI is InChI=1S/C14H22N2O2S/c1-4-12(5-2)16-14(17)10(3)19(18)13-8-6-11(15)7-9-13/h6-10,12H,4-5,15H2,1-3H3,(H,16,17). The molecule has 0 aromatic heterocycles. The first-order valence-corrected chi connectivity index (χ1v) is 7.77. The molecule has 0 aliphatic rings. The smallest absolute Gasteiger partial charge is 0.236 e. The maximum atomic E-state index is 12.3. The van der Waals surface area contributed by atoms with Gasteiger partial charge in [0.1, 0.15) is 5.25 Å². The van der Waals surface area contributed by atoms with Gasteiger partial charge in [-0.2, -0.15) is 0 Å². The number of nitrogens with two attached hydrogens (primary N) is 1. The van der Waals surface area contributed by atoms with Gasteiger partial charge in [0, 0.05) is 16.6 Å². The fourth-order valence-corrected chi connectivity index (χ4v) is 2.79. The summed E-state index contributed by atoms with van der Waals surface area (Å²) in [6.45, 7) is 5.73. The van der Waals surface area contributed by atoms with Crippen molar-refractivity contribution in [2.24, 2.45) is 0 Å². The predicted molar refractivity (Wildman–Crippen MR) is 79.2 cm³/mol. The van der Waals surface area contributed by atoms with Crippen LogP contribution in [-0.2, 0) is 15.6 Å².